The standard InChI is InChI=1S/C10H18O2/c1-6-4-7(2)9(10(11)12)8(3)5-6/h6-9H,4-5H2,1-3H3,(H,11,12). The van der Waals surface area contributed by atoms with Crippen LogP contribution in [0.25, 0.3) is 0 Å². The molecule has 1 aliphatic rings. The fraction of sp³-hybridized carbons (Fsp3) is 0.900. The molecule has 0 aromatic heterocycles. The number of rotatable bonds is 1. The molecule has 0 heterocycles. The topological polar surface area (TPSA) is 37.3 Å². The Morgan fingerprint density at radius 1 is 1.17 bits per heavy atom. The number of carboxylic acid groups (broad SMARTS) is 1. The molecular formula is C10H18O2. The second-order valence-corrected chi connectivity index (χ2v) is 4.40. The van der Waals surface area contributed by atoms with E-state index < -0.39 is 5.97 Å². The molecule has 0 aliphatic heterocycles. The molecule has 1 N–H and O–H groups in total. The first-order valence-corrected chi connectivity index (χ1v) is 4.75. The second-order valence-electron chi connectivity index (χ2n) is 4.40. The van der Waals surface area contributed by atoms with Crippen molar-refractivity contribution in [1.82, 2.24) is 0 Å². The van der Waals surface area contributed by atoms with E-state index >= 15 is 0 Å². The summed E-state index contributed by atoms with van der Waals surface area (Å²) in [6.07, 6.45) is 2.14. The molecule has 0 aromatic carbocycles. The van der Waals surface area contributed by atoms with Gasteiger partial charge in [-0.1, -0.05) is 20.8 Å². The summed E-state index contributed by atoms with van der Waals surface area (Å²) in [6, 6.07) is 0. The third kappa shape index (κ3) is 1.79. The SMILES string of the molecule is CC1CC(C)C(C(=O)O)C(C)C1. The fourth-order valence-corrected chi connectivity index (χ4v) is 2.71. The Labute approximate surface area is 74.0 Å². The van der Waals surface area contributed by atoms with E-state index in [0.717, 1.165) is 12.8 Å². The van der Waals surface area contributed by atoms with Gasteiger partial charge in [0.2, 0.25) is 0 Å². The molecule has 0 bridgehead atoms. The van der Waals surface area contributed by atoms with Crippen LogP contribution in [0, 0.1) is 23.7 Å². The minimum absolute atomic E-state index is 0.110. The largest absolute Gasteiger partial charge is 0.481 e. The van der Waals surface area contributed by atoms with Gasteiger partial charge < -0.3 is 5.11 Å². The van der Waals surface area contributed by atoms with Gasteiger partial charge >= 0.3 is 5.97 Å². The minimum atomic E-state index is -0.609. The average molecular weight is 170 g/mol. The van der Waals surface area contributed by atoms with Crippen LogP contribution in [0.3, 0.4) is 0 Å². The number of hydrogen-bond acceptors (Lipinski definition) is 1. The quantitative estimate of drug-likeness (QED) is 0.656. The van der Waals surface area contributed by atoms with E-state index in [2.05, 4.69) is 20.8 Å². The van der Waals surface area contributed by atoms with E-state index in [9.17, 15) is 4.79 Å². The van der Waals surface area contributed by atoms with Crippen LogP contribution < -0.4 is 0 Å². The summed E-state index contributed by atoms with van der Waals surface area (Å²) >= 11 is 0. The zero-order chi connectivity index (χ0) is 9.30. The highest BCUT2D eigenvalue weighted by atomic mass is 16.4. The summed E-state index contributed by atoms with van der Waals surface area (Å²) in [5.74, 6) is 0.677. The van der Waals surface area contributed by atoms with E-state index in [4.69, 9.17) is 5.11 Å². The summed E-state index contributed by atoms with van der Waals surface area (Å²) in [4.78, 5) is 10.9. The molecule has 0 radical (unpaired) electrons. The van der Waals surface area contributed by atoms with Crippen LogP contribution in [-0.4, -0.2) is 11.1 Å². The lowest BCUT2D eigenvalue weighted by Crippen LogP contribution is -2.34. The van der Waals surface area contributed by atoms with Gasteiger partial charge in [-0.2, -0.15) is 0 Å². The van der Waals surface area contributed by atoms with Crippen molar-refractivity contribution in [2.75, 3.05) is 0 Å². The van der Waals surface area contributed by atoms with Crippen molar-refractivity contribution in [3.63, 3.8) is 0 Å². The Hall–Kier alpha value is -0.530. The number of carboxylic acids is 1. The van der Waals surface area contributed by atoms with Crippen LogP contribution in [0.1, 0.15) is 33.6 Å². The van der Waals surface area contributed by atoms with Gasteiger partial charge in [-0.05, 0) is 30.6 Å². The molecule has 1 aliphatic carbocycles. The van der Waals surface area contributed by atoms with Gasteiger partial charge in [-0.3, -0.25) is 4.79 Å². The van der Waals surface area contributed by atoms with Gasteiger partial charge in [0.25, 0.3) is 0 Å². The van der Waals surface area contributed by atoms with Gasteiger partial charge in [0.1, 0.15) is 0 Å². The Morgan fingerprint density at radius 3 is 1.92 bits per heavy atom. The van der Waals surface area contributed by atoms with Gasteiger partial charge in [0.15, 0.2) is 0 Å². The first-order chi connectivity index (χ1) is 5.52. The maximum atomic E-state index is 10.9. The van der Waals surface area contributed by atoms with Crippen LogP contribution in [0.4, 0.5) is 0 Å². The van der Waals surface area contributed by atoms with E-state index in [0.29, 0.717) is 17.8 Å². The van der Waals surface area contributed by atoms with Crippen LogP contribution in [-0.2, 0) is 4.79 Å². The third-order valence-corrected chi connectivity index (χ3v) is 3.06. The van der Waals surface area contributed by atoms with E-state index in [-0.39, 0.29) is 5.92 Å². The zero-order valence-corrected chi connectivity index (χ0v) is 8.08. The Kier molecular flexibility index (Phi) is 2.76. The molecule has 0 amide bonds. The van der Waals surface area contributed by atoms with Crippen LogP contribution in [0.5, 0.6) is 0 Å². The maximum Gasteiger partial charge on any atom is 0.307 e. The highest BCUT2D eigenvalue weighted by molar-refractivity contribution is 5.70. The Morgan fingerprint density at radius 2 is 1.58 bits per heavy atom. The smallest absolute Gasteiger partial charge is 0.307 e. The van der Waals surface area contributed by atoms with Crippen LogP contribution >= 0.6 is 0 Å². The number of carbonyl (C=O) groups is 1. The van der Waals surface area contributed by atoms with Crippen molar-refractivity contribution in [1.29, 1.82) is 0 Å². The highest BCUT2D eigenvalue weighted by Gasteiger charge is 2.35. The lowest BCUT2D eigenvalue weighted by atomic mass is 9.70. The molecule has 1 rings (SSSR count). The lowest BCUT2D eigenvalue weighted by molar-refractivity contribution is -0.147. The predicted octanol–water partition coefficient (Wildman–Crippen LogP) is 2.39. The first kappa shape index (κ1) is 9.56. The number of aliphatic carboxylic acids is 1. The summed E-state index contributed by atoms with van der Waals surface area (Å²) in [7, 11) is 0. The molecule has 0 aromatic rings. The Bertz CT molecular complexity index is 165. The lowest BCUT2D eigenvalue weighted by Gasteiger charge is -2.35. The number of hydrogen-bond donors (Lipinski definition) is 1. The highest BCUT2D eigenvalue weighted by Crippen LogP contribution is 2.37. The summed E-state index contributed by atoms with van der Waals surface area (Å²) in [5, 5.41) is 8.97. The molecule has 12 heavy (non-hydrogen) atoms. The molecule has 0 saturated heterocycles. The Balaban J connectivity index is 2.66. The van der Waals surface area contributed by atoms with Gasteiger partial charge in [-0.15, -0.1) is 0 Å². The molecule has 1 saturated carbocycles. The van der Waals surface area contributed by atoms with Crippen molar-refractivity contribution in [3.8, 4) is 0 Å². The molecule has 2 nitrogen and oxygen atoms in total. The molecule has 2 heteroatoms. The van der Waals surface area contributed by atoms with Crippen LogP contribution in [0.15, 0.2) is 0 Å². The maximum absolute atomic E-state index is 10.9. The predicted molar refractivity (Wildman–Crippen MR) is 47.9 cm³/mol. The van der Waals surface area contributed by atoms with Crippen LogP contribution in [0.2, 0.25) is 0 Å². The average Bonchev–Trinajstić information content (AvgIpc) is 1.82. The molecule has 70 valence electrons. The van der Waals surface area contributed by atoms with Crippen molar-refractivity contribution in [3.05, 3.63) is 0 Å². The van der Waals surface area contributed by atoms with E-state index in [1.165, 1.54) is 0 Å². The summed E-state index contributed by atoms with van der Waals surface area (Å²) in [6.45, 7) is 6.33. The van der Waals surface area contributed by atoms with Gasteiger partial charge in [0.05, 0.1) is 5.92 Å². The first-order valence-electron chi connectivity index (χ1n) is 4.75. The normalized spacial score (nSPS) is 42.6. The van der Waals surface area contributed by atoms with Crippen molar-refractivity contribution in [2.45, 2.75) is 33.6 Å². The molecular weight excluding hydrogens is 152 g/mol. The fourth-order valence-electron chi connectivity index (χ4n) is 2.71. The molecule has 1 fully saturated rings. The van der Waals surface area contributed by atoms with E-state index in [1.54, 1.807) is 0 Å². The summed E-state index contributed by atoms with van der Waals surface area (Å²) < 4.78 is 0. The van der Waals surface area contributed by atoms with Crippen molar-refractivity contribution >= 4 is 5.97 Å². The van der Waals surface area contributed by atoms with Crippen molar-refractivity contribution < 1.29 is 9.90 Å². The molecule has 0 spiro atoms. The van der Waals surface area contributed by atoms with Crippen molar-refractivity contribution in [2.24, 2.45) is 23.7 Å². The van der Waals surface area contributed by atoms with E-state index in [1.807, 2.05) is 0 Å². The monoisotopic (exact) mass is 170 g/mol. The van der Waals surface area contributed by atoms with Gasteiger partial charge in [-0.25, -0.2) is 0 Å². The zero-order valence-electron chi connectivity index (χ0n) is 8.08. The van der Waals surface area contributed by atoms with Gasteiger partial charge in [0, 0.05) is 0 Å². The molecule has 2 atom stereocenters. The summed E-state index contributed by atoms with van der Waals surface area (Å²) in [5.41, 5.74) is 0. The second kappa shape index (κ2) is 3.46. The minimum Gasteiger partial charge on any atom is -0.481 e. The third-order valence-electron chi connectivity index (χ3n) is 3.06. The molecule has 2 unspecified atom stereocenters.